The van der Waals surface area contributed by atoms with Crippen molar-refractivity contribution in [3.63, 3.8) is 0 Å². The second kappa shape index (κ2) is 7.87. The minimum Gasteiger partial charge on any atom is -0.495 e. The van der Waals surface area contributed by atoms with E-state index in [1.54, 1.807) is 6.07 Å². The lowest BCUT2D eigenvalue weighted by molar-refractivity contribution is 0.416. The Labute approximate surface area is 115 Å². The number of halogens is 1. The first-order chi connectivity index (χ1) is 9.12. The van der Waals surface area contributed by atoms with E-state index in [1.807, 2.05) is 0 Å². The van der Waals surface area contributed by atoms with Crippen LogP contribution in [0.15, 0.2) is 12.1 Å². The molecule has 0 fully saturated rings. The summed E-state index contributed by atoms with van der Waals surface area (Å²) >= 11 is 0. The molecule has 0 bridgehead atoms. The molecule has 0 amide bonds. The van der Waals surface area contributed by atoms with Crippen LogP contribution < -0.4 is 15.8 Å². The molecule has 0 aliphatic carbocycles. The van der Waals surface area contributed by atoms with Crippen molar-refractivity contribution in [2.24, 2.45) is 0 Å². The molecule has 0 aliphatic heterocycles. The Morgan fingerprint density at radius 3 is 2.58 bits per heavy atom. The maximum absolute atomic E-state index is 13.9. The lowest BCUT2D eigenvalue weighted by Gasteiger charge is -2.20. The molecular formula is C15H25FN2O. The van der Waals surface area contributed by atoms with Crippen LogP contribution in [-0.2, 0) is 0 Å². The number of ether oxygens (including phenoxy) is 1. The molecule has 1 aromatic carbocycles. The fraction of sp³-hybridized carbons (Fsp3) is 0.600. The van der Waals surface area contributed by atoms with E-state index in [2.05, 4.69) is 19.2 Å². The van der Waals surface area contributed by atoms with Crippen LogP contribution in [0.4, 0.5) is 15.8 Å². The van der Waals surface area contributed by atoms with Gasteiger partial charge in [-0.1, -0.05) is 33.1 Å². The summed E-state index contributed by atoms with van der Waals surface area (Å²) < 4.78 is 19.0. The topological polar surface area (TPSA) is 47.3 Å². The fourth-order valence-corrected chi connectivity index (χ4v) is 2.16. The molecule has 0 spiro atoms. The van der Waals surface area contributed by atoms with Gasteiger partial charge in [0.2, 0.25) is 0 Å². The summed E-state index contributed by atoms with van der Waals surface area (Å²) in [6.45, 7) is 4.30. The molecular weight excluding hydrogens is 243 g/mol. The van der Waals surface area contributed by atoms with Gasteiger partial charge in [-0.25, -0.2) is 4.39 Å². The number of hydrogen-bond acceptors (Lipinski definition) is 3. The maximum Gasteiger partial charge on any atom is 0.148 e. The molecule has 3 N–H and O–H groups in total. The summed E-state index contributed by atoms with van der Waals surface area (Å²) in [5, 5.41) is 3.27. The summed E-state index contributed by atoms with van der Waals surface area (Å²) in [5.74, 6) is 0.186. The van der Waals surface area contributed by atoms with Gasteiger partial charge in [-0.2, -0.15) is 0 Å². The maximum atomic E-state index is 13.9. The smallest absolute Gasteiger partial charge is 0.148 e. The monoisotopic (exact) mass is 268 g/mol. The Hall–Kier alpha value is -1.45. The third-order valence-corrected chi connectivity index (χ3v) is 3.22. The molecule has 0 saturated heterocycles. The number of nitrogens with one attached hydrogen (secondary N) is 1. The number of nitrogens with two attached hydrogens (primary N) is 1. The fourth-order valence-electron chi connectivity index (χ4n) is 2.16. The SMILES string of the molecule is CCCCC(CCC)Nc1cc(OC)c(N)cc1F. The molecule has 1 rings (SSSR count). The van der Waals surface area contributed by atoms with Crippen molar-refractivity contribution in [3.8, 4) is 5.75 Å². The van der Waals surface area contributed by atoms with Gasteiger partial charge in [0.05, 0.1) is 18.5 Å². The van der Waals surface area contributed by atoms with E-state index in [0.29, 0.717) is 23.2 Å². The Kier molecular flexibility index (Phi) is 6.46. The number of hydrogen-bond donors (Lipinski definition) is 2. The van der Waals surface area contributed by atoms with Gasteiger partial charge in [-0.3, -0.25) is 0 Å². The molecule has 0 aliphatic rings. The number of nitrogen functional groups attached to an aromatic ring is 1. The van der Waals surface area contributed by atoms with Crippen molar-refractivity contribution in [2.75, 3.05) is 18.2 Å². The van der Waals surface area contributed by atoms with Crippen LogP contribution in [0.1, 0.15) is 46.0 Å². The normalized spacial score (nSPS) is 12.2. The van der Waals surface area contributed by atoms with Crippen molar-refractivity contribution in [1.82, 2.24) is 0 Å². The van der Waals surface area contributed by atoms with Gasteiger partial charge in [-0.05, 0) is 12.8 Å². The molecule has 1 atom stereocenters. The van der Waals surface area contributed by atoms with E-state index >= 15 is 0 Å². The van der Waals surface area contributed by atoms with Crippen LogP contribution in [0.5, 0.6) is 5.75 Å². The van der Waals surface area contributed by atoms with Crippen LogP contribution in [-0.4, -0.2) is 13.2 Å². The summed E-state index contributed by atoms with van der Waals surface area (Å²) in [6.07, 6.45) is 5.46. The standard InChI is InChI=1S/C15H25FN2O/c1-4-6-8-11(7-5-2)18-14-10-15(19-3)13(17)9-12(14)16/h9-11,18H,4-8,17H2,1-3H3. The van der Waals surface area contributed by atoms with Crippen LogP contribution in [0.25, 0.3) is 0 Å². The van der Waals surface area contributed by atoms with E-state index < -0.39 is 0 Å². The average Bonchev–Trinajstić information content (AvgIpc) is 2.39. The van der Waals surface area contributed by atoms with Crippen LogP contribution >= 0.6 is 0 Å². The summed E-state index contributed by atoms with van der Waals surface area (Å²) in [6, 6.07) is 3.25. The molecule has 108 valence electrons. The minimum atomic E-state index is -0.323. The van der Waals surface area contributed by atoms with Gasteiger partial charge in [0.1, 0.15) is 11.6 Å². The van der Waals surface area contributed by atoms with Gasteiger partial charge in [0, 0.05) is 18.2 Å². The number of unbranched alkanes of at least 4 members (excludes halogenated alkanes) is 1. The highest BCUT2D eigenvalue weighted by molar-refractivity contribution is 5.62. The highest BCUT2D eigenvalue weighted by atomic mass is 19.1. The molecule has 4 heteroatoms. The van der Waals surface area contributed by atoms with E-state index in [4.69, 9.17) is 10.5 Å². The Bertz CT molecular complexity index is 396. The molecule has 3 nitrogen and oxygen atoms in total. The van der Waals surface area contributed by atoms with Crippen molar-refractivity contribution >= 4 is 11.4 Å². The molecule has 0 saturated carbocycles. The highest BCUT2D eigenvalue weighted by Crippen LogP contribution is 2.29. The average molecular weight is 268 g/mol. The van der Waals surface area contributed by atoms with Crippen LogP contribution in [0.2, 0.25) is 0 Å². The number of methoxy groups -OCH3 is 1. The quantitative estimate of drug-likeness (QED) is 0.695. The Balaban J connectivity index is 2.82. The first kappa shape index (κ1) is 15.6. The van der Waals surface area contributed by atoms with Crippen molar-refractivity contribution in [3.05, 3.63) is 17.9 Å². The lowest BCUT2D eigenvalue weighted by Crippen LogP contribution is -2.20. The summed E-state index contributed by atoms with van der Waals surface area (Å²) in [4.78, 5) is 0. The number of anilines is 2. The molecule has 0 aromatic heterocycles. The zero-order valence-corrected chi connectivity index (χ0v) is 12.1. The second-order valence-electron chi connectivity index (χ2n) is 4.85. The van der Waals surface area contributed by atoms with E-state index in [1.165, 1.54) is 13.2 Å². The van der Waals surface area contributed by atoms with Crippen molar-refractivity contribution in [2.45, 2.75) is 52.0 Å². The largest absolute Gasteiger partial charge is 0.495 e. The van der Waals surface area contributed by atoms with E-state index in [-0.39, 0.29) is 5.82 Å². The Morgan fingerprint density at radius 2 is 2.00 bits per heavy atom. The summed E-state index contributed by atoms with van der Waals surface area (Å²) in [7, 11) is 1.54. The van der Waals surface area contributed by atoms with Gasteiger partial charge in [0.15, 0.2) is 0 Å². The molecule has 0 heterocycles. The highest BCUT2D eigenvalue weighted by Gasteiger charge is 2.13. The predicted molar refractivity (Wildman–Crippen MR) is 79.2 cm³/mol. The van der Waals surface area contributed by atoms with Gasteiger partial charge < -0.3 is 15.8 Å². The summed E-state index contributed by atoms with van der Waals surface area (Å²) in [5.41, 5.74) is 6.48. The molecule has 19 heavy (non-hydrogen) atoms. The third kappa shape index (κ3) is 4.62. The van der Waals surface area contributed by atoms with E-state index in [9.17, 15) is 4.39 Å². The van der Waals surface area contributed by atoms with Gasteiger partial charge in [0.25, 0.3) is 0 Å². The number of benzene rings is 1. The zero-order chi connectivity index (χ0) is 14.3. The minimum absolute atomic E-state index is 0.299. The van der Waals surface area contributed by atoms with E-state index in [0.717, 1.165) is 32.1 Å². The van der Waals surface area contributed by atoms with Crippen LogP contribution in [0, 0.1) is 5.82 Å². The zero-order valence-electron chi connectivity index (χ0n) is 12.1. The molecule has 1 unspecified atom stereocenters. The van der Waals surface area contributed by atoms with Gasteiger partial charge in [-0.15, -0.1) is 0 Å². The molecule has 1 aromatic rings. The van der Waals surface area contributed by atoms with Crippen molar-refractivity contribution in [1.29, 1.82) is 0 Å². The first-order valence-corrected chi connectivity index (χ1v) is 7.01. The predicted octanol–water partition coefficient (Wildman–Crippen LogP) is 4.19. The number of rotatable bonds is 8. The third-order valence-electron chi connectivity index (χ3n) is 3.22. The van der Waals surface area contributed by atoms with Gasteiger partial charge >= 0.3 is 0 Å². The van der Waals surface area contributed by atoms with Crippen LogP contribution in [0.3, 0.4) is 0 Å². The Morgan fingerprint density at radius 1 is 1.26 bits per heavy atom. The van der Waals surface area contributed by atoms with Crippen molar-refractivity contribution < 1.29 is 9.13 Å². The first-order valence-electron chi connectivity index (χ1n) is 7.01. The molecule has 0 radical (unpaired) electrons. The second-order valence-corrected chi connectivity index (χ2v) is 4.85. The lowest BCUT2D eigenvalue weighted by atomic mass is 10.0.